The fraction of sp³-hybridized carbons (Fsp3) is 0.438. The first-order valence-corrected chi connectivity index (χ1v) is 7.03. The van der Waals surface area contributed by atoms with E-state index in [2.05, 4.69) is 11.5 Å². The van der Waals surface area contributed by atoms with Crippen LogP contribution in [0.2, 0.25) is 0 Å². The summed E-state index contributed by atoms with van der Waals surface area (Å²) in [5.74, 6) is 1.54. The highest BCUT2D eigenvalue weighted by Gasteiger charge is 2.20. The molecule has 5 heteroatoms. The Hall–Kier alpha value is -2.01. The summed E-state index contributed by atoms with van der Waals surface area (Å²) in [7, 11) is 3.29. The van der Waals surface area contributed by atoms with E-state index in [-0.39, 0.29) is 5.91 Å². The van der Waals surface area contributed by atoms with Crippen LogP contribution in [0.3, 0.4) is 0 Å². The van der Waals surface area contributed by atoms with Gasteiger partial charge in [-0.15, -0.1) is 0 Å². The lowest BCUT2D eigenvalue weighted by atomic mass is 10.1. The third-order valence-corrected chi connectivity index (χ3v) is 3.74. The van der Waals surface area contributed by atoms with Gasteiger partial charge in [0.15, 0.2) is 11.5 Å². The second-order valence-corrected chi connectivity index (χ2v) is 4.96. The quantitative estimate of drug-likeness (QED) is 0.771. The van der Waals surface area contributed by atoms with Crippen molar-refractivity contribution in [1.29, 1.82) is 0 Å². The van der Waals surface area contributed by atoms with E-state index in [1.165, 1.54) is 6.08 Å². The average Bonchev–Trinajstić information content (AvgIpc) is 2.54. The molecular formula is C16H22N2O3. The van der Waals surface area contributed by atoms with Crippen molar-refractivity contribution in [3.05, 3.63) is 36.4 Å². The largest absolute Gasteiger partial charge is 0.493 e. The second-order valence-electron chi connectivity index (χ2n) is 4.96. The number of carbonyl (C=O) groups is 1. The Morgan fingerprint density at radius 3 is 2.52 bits per heavy atom. The minimum Gasteiger partial charge on any atom is -0.493 e. The minimum atomic E-state index is 0.00797. The van der Waals surface area contributed by atoms with Crippen LogP contribution < -0.4 is 9.47 Å². The molecule has 1 aromatic rings. The number of para-hydroxylation sites is 1. The summed E-state index contributed by atoms with van der Waals surface area (Å²) in [5, 5.41) is 0. The molecule has 0 saturated carbocycles. The Morgan fingerprint density at radius 1 is 1.24 bits per heavy atom. The lowest BCUT2D eigenvalue weighted by Crippen LogP contribution is -2.47. The molecule has 1 aliphatic heterocycles. The molecule has 0 radical (unpaired) electrons. The Balaban J connectivity index is 2.01. The number of nitrogens with zero attached hydrogens (tertiary/aromatic N) is 2. The van der Waals surface area contributed by atoms with E-state index >= 15 is 0 Å². The normalized spacial score (nSPS) is 15.6. The number of benzene rings is 1. The Labute approximate surface area is 125 Å². The Bertz CT molecular complexity index is 508. The molecule has 1 amide bonds. The maximum atomic E-state index is 11.6. The number of ether oxygens (including phenoxy) is 2. The summed E-state index contributed by atoms with van der Waals surface area (Å²) in [6, 6.07) is 5.90. The number of rotatable bonds is 5. The summed E-state index contributed by atoms with van der Waals surface area (Å²) < 4.78 is 10.8. The SMILES string of the molecule is C=CC(=O)N1CCN(Cc2cccc(OC)c2OC)CC1. The first-order chi connectivity index (χ1) is 10.2. The van der Waals surface area contributed by atoms with Gasteiger partial charge in [-0.25, -0.2) is 0 Å². The van der Waals surface area contributed by atoms with Crippen LogP contribution in [-0.4, -0.2) is 56.1 Å². The highest BCUT2D eigenvalue weighted by Crippen LogP contribution is 2.31. The molecule has 0 bridgehead atoms. The lowest BCUT2D eigenvalue weighted by Gasteiger charge is -2.34. The smallest absolute Gasteiger partial charge is 0.246 e. The van der Waals surface area contributed by atoms with E-state index in [9.17, 15) is 4.79 Å². The zero-order chi connectivity index (χ0) is 15.2. The van der Waals surface area contributed by atoms with Crippen molar-refractivity contribution in [2.45, 2.75) is 6.54 Å². The lowest BCUT2D eigenvalue weighted by molar-refractivity contribution is -0.127. The zero-order valence-electron chi connectivity index (χ0n) is 12.7. The molecule has 1 aromatic carbocycles. The van der Waals surface area contributed by atoms with Gasteiger partial charge < -0.3 is 14.4 Å². The predicted octanol–water partition coefficient (Wildman–Crippen LogP) is 1.53. The van der Waals surface area contributed by atoms with Gasteiger partial charge in [0.2, 0.25) is 5.91 Å². The van der Waals surface area contributed by atoms with Crippen LogP contribution in [0.1, 0.15) is 5.56 Å². The van der Waals surface area contributed by atoms with Gasteiger partial charge in [-0.05, 0) is 12.1 Å². The molecule has 0 unspecified atom stereocenters. The average molecular weight is 290 g/mol. The number of hydrogen-bond acceptors (Lipinski definition) is 4. The highest BCUT2D eigenvalue weighted by molar-refractivity contribution is 5.87. The topological polar surface area (TPSA) is 42.0 Å². The fourth-order valence-corrected chi connectivity index (χ4v) is 2.57. The van der Waals surface area contributed by atoms with Crippen molar-refractivity contribution in [1.82, 2.24) is 9.80 Å². The van der Waals surface area contributed by atoms with Gasteiger partial charge in [-0.1, -0.05) is 18.7 Å². The van der Waals surface area contributed by atoms with Crippen molar-refractivity contribution < 1.29 is 14.3 Å². The van der Waals surface area contributed by atoms with Crippen molar-refractivity contribution in [2.24, 2.45) is 0 Å². The van der Waals surface area contributed by atoms with E-state index in [1.54, 1.807) is 14.2 Å². The molecule has 1 saturated heterocycles. The third-order valence-electron chi connectivity index (χ3n) is 3.74. The molecule has 0 N–H and O–H groups in total. The first kappa shape index (κ1) is 15.4. The molecule has 5 nitrogen and oxygen atoms in total. The van der Waals surface area contributed by atoms with Crippen molar-refractivity contribution in [3.8, 4) is 11.5 Å². The zero-order valence-corrected chi connectivity index (χ0v) is 12.7. The fourth-order valence-electron chi connectivity index (χ4n) is 2.57. The van der Waals surface area contributed by atoms with Gasteiger partial charge in [0.05, 0.1) is 14.2 Å². The number of methoxy groups -OCH3 is 2. The van der Waals surface area contributed by atoms with Gasteiger partial charge in [0, 0.05) is 38.3 Å². The molecule has 1 aliphatic rings. The number of amides is 1. The summed E-state index contributed by atoms with van der Waals surface area (Å²) in [6.45, 7) is 7.48. The standard InChI is InChI=1S/C16H22N2O3/c1-4-15(19)18-10-8-17(9-11-18)12-13-6-5-7-14(20-2)16(13)21-3/h4-7H,1,8-12H2,2-3H3. The second kappa shape index (κ2) is 7.13. The van der Waals surface area contributed by atoms with Gasteiger partial charge in [-0.2, -0.15) is 0 Å². The van der Waals surface area contributed by atoms with E-state index in [0.29, 0.717) is 0 Å². The maximum Gasteiger partial charge on any atom is 0.246 e. The van der Waals surface area contributed by atoms with Crippen molar-refractivity contribution in [3.63, 3.8) is 0 Å². The van der Waals surface area contributed by atoms with Crippen LogP contribution >= 0.6 is 0 Å². The molecule has 114 valence electrons. The molecule has 1 fully saturated rings. The maximum absolute atomic E-state index is 11.6. The van der Waals surface area contributed by atoms with Gasteiger partial charge in [-0.3, -0.25) is 9.69 Å². The molecular weight excluding hydrogens is 268 g/mol. The third kappa shape index (κ3) is 3.55. The van der Waals surface area contributed by atoms with E-state index in [4.69, 9.17) is 9.47 Å². The van der Waals surface area contributed by atoms with Crippen LogP contribution in [0.15, 0.2) is 30.9 Å². The van der Waals surface area contributed by atoms with Crippen molar-refractivity contribution in [2.75, 3.05) is 40.4 Å². The predicted molar refractivity (Wildman–Crippen MR) is 81.6 cm³/mol. The minimum absolute atomic E-state index is 0.00797. The molecule has 0 aliphatic carbocycles. The number of carbonyl (C=O) groups excluding carboxylic acids is 1. The number of piperazine rings is 1. The van der Waals surface area contributed by atoms with Crippen molar-refractivity contribution >= 4 is 5.91 Å². The van der Waals surface area contributed by atoms with E-state index in [1.807, 2.05) is 23.1 Å². The molecule has 0 spiro atoms. The van der Waals surface area contributed by atoms with Gasteiger partial charge >= 0.3 is 0 Å². The molecule has 21 heavy (non-hydrogen) atoms. The summed E-state index contributed by atoms with van der Waals surface area (Å²) in [6.07, 6.45) is 1.38. The molecule has 2 rings (SSSR count). The summed E-state index contributed by atoms with van der Waals surface area (Å²) in [4.78, 5) is 15.7. The van der Waals surface area contributed by atoms with Crippen LogP contribution in [0.4, 0.5) is 0 Å². The monoisotopic (exact) mass is 290 g/mol. The van der Waals surface area contributed by atoms with E-state index < -0.39 is 0 Å². The van der Waals surface area contributed by atoms with Crippen LogP contribution in [0.5, 0.6) is 11.5 Å². The van der Waals surface area contributed by atoms with Crippen LogP contribution in [-0.2, 0) is 11.3 Å². The Morgan fingerprint density at radius 2 is 1.95 bits per heavy atom. The first-order valence-electron chi connectivity index (χ1n) is 7.03. The summed E-state index contributed by atoms with van der Waals surface area (Å²) in [5.41, 5.74) is 1.10. The van der Waals surface area contributed by atoms with E-state index in [0.717, 1.165) is 49.8 Å². The molecule has 1 heterocycles. The van der Waals surface area contributed by atoms with Crippen LogP contribution in [0.25, 0.3) is 0 Å². The van der Waals surface area contributed by atoms with Gasteiger partial charge in [0.1, 0.15) is 0 Å². The summed E-state index contributed by atoms with van der Waals surface area (Å²) >= 11 is 0. The van der Waals surface area contributed by atoms with Crippen LogP contribution in [0, 0.1) is 0 Å². The highest BCUT2D eigenvalue weighted by atomic mass is 16.5. The van der Waals surface area contributed by atoms with Gasteiger partial charge in [0.25, 0.3) is 0 Å². The Kier molecular flexibility index (Phi) is 5.22. The molecule has 0 aromatic heterocycles. The molecule has 0 atom stereocenters. The number of hydrogen-bond donors (Lipinski definition) is 0.